The predicted octanol–water partition coefficient (Wildman–Crippen LogP) is 2.22. The second-order valence-corrected chi connectivity index (χ2v) is 5.49. The predicted molar refractivity (Wildman–Crippen MR) is 81.4 cm³/mol. The van der Waals surface area contributed by atoms with Crippen molar-refractivity contribution in [1.82, 2.24) is 5.32 Å². The van der Waals surface area contributed by atoms with E-state index in [1.165, 1.54) is 19.3 Å². The molecule has 0 spiro atoms. The van der Waals surface area contributed by atoms with Crippen LogP contribution in [-0.2, 0) is 0 Å². The summed E-state index contributed by atoms with van der Waals surface area (Å²) in [5.74, 6) is 6.47. The van der Waals surface area contributed by atoms with E-state index in [4.69, 9.17) is 5.73 Å². The van der Waals surface area contributed by atoms with Crippen molar-refractivity contribution >= 4 is 5.91 Å². The molecule has 1 amide bonds. The minimum atomic E-state index is -0.0137. The number of hydrogen-bond donors (Lipinski definition) is 2. The largest absolute Gasteiger partial charge is 0.349 e. The Morgan fingerprint density at radius 2 is 2.25 bits per heavy atom. The summed E-state index contributed by atoms with van der Waals surface area (Å²) in [6, 6.07) is 5.88. The molecular weight excluding hydrogens is 248 g/mol. The van der Waals surface area contributed by atoms with E-state index in [0.717, 1.165) is 11.1 Å². The minimum absolute atomic E-state index is 0.0137. The van der Waals surface area contributed by atoms with Crippen molar-refractivity contribution in [2.24, 2.45) is 11.7 Å². The third-order valence-electron chi connectivity index (χ3n) is 4.04. The van der Waals surface area contributed by atoms with E-state index in [0.29, 0.717) is 18.0 Å². The highest BCUT2D eigenvalue weighted by atomic mass is 16.1. The van der Waals surface area contributed by atoms with Gasteiger partial charge in [0.2, 0.25) is 0 Å². The number of nitrogens with two attached hydrogens (primary N) is 1. The van der Waals surface area contributed by atoms with Crippen LogP contribution >= 0.6 is 0 Å². The maximum absolute atomic E-state index is 12.3. The molecule has 1 aliphatic rings. The first-order valence-electron chi connectivity index (χ1n) is 7.22. The van der Waals surface area contributed by atoms with E-state index >= 15 is 0 Å². The minimum Gasteiger partial charge on any atom is -0.349 e. The summed E-state index contributed by atoms with van der Waals surface area (Å²) in [7, 11) is 0. The normalized spacial score (nSPS) is 15.8. The first-order valence-corrected chi connectivity index (χ1v) is 7.22. The van der Waals surface area contributed by atoms with Crippen LogP contribution in [0.1, 0.15) is 47.7 Å². The van der Waals surface area contributed by atoms with Gasteiger partial charge in [-0.15, -0.1) is 0 Å². The fourth-order valence-corrected chi connectivity index (χ4v) is 2.39. The third-order valence-corrected chi connectivity index (χ3v) is 4.04. The summed E-state index contributed by atoms with van der Waals surface area (Å²) >= 11 is 0. The van der Waals surface area contributed by atoms with Crippen LogP contribution in [0.2, 0.25) is 0 Å². The van der Waals surface area contributed by atoms with Gasteiger partial charge in [-0.25, -0.2) is 0 Å². The fraction of sp³-hybridized carbons (Fsp3) is 0.471. The Kier molecular flexibility index (Phi) is 4.81. The molecule has 1 atom stereocenters. The van der Waals surface area contributed by atoms with Crippen LogP contribution < -0.4 is 11.1 Å². The Morgan fingerprint density at radius 1 is 1.50 bits per heavy atom. The van der Waals surface area contributed by atoms with Gasteiger partial charge in [0.25, 0.3) is 5.91 Å². The van der Waals surface area contributed by atoms with Gasteiger partial charge in [-0.1, -0.05) is 24.3 Å². The molecule has 0 aromatic heterocycles. The number of hydrogen-bond acceptors (Lipinski definition) is 2. The second kappa shape index (κ2) is 6.58. The van der Waals surface area contributed by atoms with E-state index in [1.54, 1.807) is 0 Å². The molecular formula is C17H22N2O. The number of carbonyl (C=O) groups excluding carboxylic acids is 1. The van der Waals surface area contributed by atoms with Crippen molar-refractivity contribution in [2.75, 3.05) is 6.54 Å². The quantitative estimate of drug-likeness (QED) is 0.828. The van der Waals surface area contributed by atoms with Crippen LogP contribution in [-0.4, -0.2) is 18.5 Å². The van der Waals surface area contributed by atoms with Gasteiger partial charge < -0.3 is 11.1 Å². The average Bonchev–Trinajstić information content (AvgIpc) is 2.35. The molecule has 1 unspecified atom stereocenters. The lowest BCUT2D eigenvalue weighted by Gasteiger charge is -2.31. The van der Waals surface area contributed by atoms with Gasteiger partial charge in [0.05, 0.1) is 6.54 Å². The highest BCUT2D eigenvalue weighted by Gasteiger charge is 2.25. The summed E-state index contributed by atoms with van der Waals surface area (Å²) < 4.78 is 0. The topological polar surface area (TPSA) is 55.1 Å². The van der Waals surface area contributed by atoms with Crippen LogP contribution in [0, 0.1) is 24.7 Å². The number of amides is 1. The summed E-state index contributed by atoms with van der Waals surface area (Å²) in [4.78, 5) is 12.3. The molecule has 0 aliphatic heterocycles. The number of benzene rings is 1. The molecule has 0 saturated heterocycles. The van der Waals surface area contributed by atoms with Crippen LogP contribution in [0.3, 0.4) is 0 Å². The SMILES string of the molecule is Cc1ccc(C(=O)NC(C)C2CCC2)cc1C#CCN. The zero-order valence-electron chi connectivity index (χ0n) is 12.2. The van der Waals surface area contributed by atoms with Gasteiger partial charge in [-0.2, -0.15) is 0 Å². The zero-order valence-corrected chi connectivity index (χ0v) is 12.2. The molecule has 0 bridgehead atoms. The Morgan fingerprint density at radius 3 is 2.85 bits per heavy atom. The van der Waals surface area contributed by atoms with Crippen molar-refractivity contribution < 1.29 is 4.79 Å². The van der Waals surface area contributed by atoms with Crippen molar-refractivity contribution in [1.29, 1.82) is 0 Å². The molecule has 1 aromatic rings. The van der Waals surface area contributed by atoms with E-state index in [9.17, 15) is 4.79 Å². The van der Waals surface area contributed by atoms with E-state index in [2.05, 4.69) is 24.1 Å². The number of rotatable bonds is 3. The highest BCUT2D eigenvalue weighted by Crippen LogP contribution is 2.29. The molecule has 3 nitrogen and oxygen atoms in total. The van der Waals surface area contributed by atoms with Crippen LogP contribution in [0.25, 0.3) is 0 Å². The Balaban J connectivity index is 2.09. The molecule has 0 radical (unpaired) electrons. The molecule has 1 saturated carbocycles. The Bertz CT molecular complexity index is 550. The van der Waals surface area contributed by atoms with Crippen LogP contribution in [0.15, 0.2) is 18.2 Å². The van der Waals surface area contributed by atoms with Crippen molar-refractivity contribution in [3.05, 3.63) is 34.9 Å². The molecule has 0 heterocycles. The van der Waals surface area contributed by atoms with Gasteiger partial charge in [-0.3, -0.25) is 4.79 Å². The lowest BCUT2D eigenvalue weighted by Crippen LogP contribution is -2.40. The van der Waals surface area contributed by atoms with Gasteiger partial charge in [0.1, 0.15) is 0 Å². The summed E-state index contributed by atoms with van der Waals surface area (Å²) in [6.45, 7) is 4.40. The monoisotopic (exact) mass is 270 g/mol. The standard InChI is InChI=1S/C17H22N2O/c1-12-8-9-16(11-15(12)7-4-10-18)17(20)19-13(2)14-5-3-6-14/h8-9,11,13-14H,3,5-6,10,18H2,1-2H3,(H,19,20). The van der Waals surface area contributed by atoms with Gasteiger partial charge >= 0.3 is 0 Å². The molecule has 3 N–H and O–H groups in total. The maximum Gasteiger partial charge on any atom is 0.251 e. The van der Waals surface area contributed by atoms with Gasteiger partial charge in [-0.05, 0) is 50.3 Å². The Hall–Kier alpha value is -1.79. The highest BCUT2D eigenvalue weighted by molar-refractivity contribution is 5.94. The average molecular weight is 270 g/mol. The van der Waals surface area contributed by atoms with E-state index < -0.39 is 0 Å². The van der Waals surface area contributed by atoms with Crippen molar-refractivity contribution in [3.8, 4) is 11.8 Å². The zero-order chi connectivity index (χ0) is 14.5. The van der Waals surface area contributed by atoms with Crippen molar-refractivity contribution in [3.63, 3.8) is 0 Å². The molecule has 1 fully saturated rings. The van der Waals surface area contributed by atoms with Gasteiger partial charge in [0, 0.05) is 17.2 Å². The number of aryl methyl sites for hydroxylation is 1. The lowest BCUT2D eigenvalue weighted by atomic mass is 9.80. The second-order valence-electron chi connectivity index (χ2n) is 5.49. The maximum atomic E-state index is 12.3. The van der Waals surface area contributed by atoms with Crippen molar-refractivity contribution in [2.45, 2.75) is 39.2 Å². The van der Waals surface area contributed by atoms with E-state index in [-0.39, 0.29) is 11.9 Å². The first-order chi connectivity index (χ1) is 9.61. The molecule has 1 aliphatic carbocycles. The summed E-state index contributed by atoms with van der Waals surface area (Å²) in [5.41, 5.74) is 8.00. The third kappa shape index (κ3) is 3.40. The van der Waals surface area contributed by atoms with Crippen LogP contribution in [0.5, 0.6) is 0 Å². The number of carbonyl (C=O) groups is 1. The molecule has 3 heteroatoms. The first kappa shape index (κ1) is 14.6. The number of nitrogens with one attached hydrogen (secondary N) is 1. The molecule has 106 valence electrons. The van der Waals surface area contributed by atoms with E-state index in [1.807, 2.05) is 25.1 Å². The summed E-state index contributed by atoms with van der Waals surface area (Å²) in [5, 5.41) is 3.09. The van der Waals surface area contributed by atoms with Crippen LogP contribution in [0.4, 0.5) is 0 Å². The van der Waals surface area contributed by atoms with Gasteiger partial charge in [0.15, 0.2) is 0 Å². The fourth-order valence-electron chi connectivity index (χ4n) is 2.39. The molecule has 2 rings (SSSR count). The summed E-state index contributed by atoms with van der Waals surface area (Å²) in [6.07, 6.45) is 3.74. The Labute approximate surface area is 120 Å². The molecule has 20 heavy (non-hydrogen) atoms. The lowest BCUT2D eigenvalue weighted by molar-refractivity contribution is 0.0909. The molecule has 1 aromatic carbocycles. The smallest absolute Gasteiger partial charge is 0.251 e.